The molecule has 0 spiro atoms. The molecule has 20 heavy (non-hydrogen) atoms. The summed E-state index contributed by atoms with van der Waals surface area (Å²) >= 11 is 0. The van der Waals surface area contributed by atoms with Crippen molar-refractivity contribution in [2.45, 2.75) is 0 Å². The van der Waals surface area contributed by atoms with Crippen LogP contribution in [-0.4, -0.2) is 18.4 Å². The molecule has 1 aromatic heterocycles. The molecule has 3 rings (SSSR count). The van der Waals surface area contributed by atoms with Crippen LogP contribution in [0.2, 0.25) is 0 Å². The van der Waals surface area contributed by atoms with Gasteiger partial charge < -0.3 is 4.74 Å². The summed E-state index contributed by atoms with van der Waals surface area (Å²) in [6.45, 7) is 0. The van der Waals surface area contributed by atoms with Gasteiger partial charge in [-0.2, -0.15) is 0 Å². The minimum atomic E-state index is 0.618. The second kappa shape index (κ2) is 5.13. The van der Waals surface area contributed by atoms with E-state index in [1.54, 1.807) is 7.11 Å². The molecule has 0 aliphatic rings. The summed E-state index contributed by atoms with van der Waals surface area (Å²) in [5, 5.41) is 0.805. The molecule has 0 N–H and O–H groups in total. The lowest BCUT2D eigenvalue weighted by Crippen LogP contribution is -1.92. The summed E-state index contributed by atoms with van der Waals surface area (Å²) in [7, 11) is 1.60. The van der Waals surface area contributed by atoms with E-state index in [-0.39, 0.29) is 0 Å². The summed E-state index contributed by atoms with van der Waals surface area (Å²) < 4.78 is 5.19. The third-order valence-corrected chi connectivity index (χ3v) is 3.24. The average molecular weight is 263 g/mol. The minimum absolute atomic E-state index is 0.618. The van der Waals surface area contributed by atoms with Gasteiger partial charge in [0.05, 0.1) is 18.3 Å². The number of carbonyl (C=O) groups is 1. The highest BCUT2D eigenvalue weighted by Gasteiger charge is 2.08. The normalized spacial score (nSPS) is 10.4. The van der Waals surface area contributed by atoms with Crippen LogP contribution in [0.15, 0.2) is 54.6 Å². The molecule has 0 atom stereocenters. The van der Waals surface area contributed by atoms with Crippen molar-refractivity contribution in [2.75, 3.05) is 7.11 Å². The smallest absolute Gasteiger partial charge is 0.150 e. The molecule has 0 amide bonds. The van der Waals surface area contributed by atoms with E-state index in [9.17, 15) is 4.79 Å². The molecule has 98 valence electrons. The van der Waals surface area contributed by atoms with E-state index in [1.165, 1.54) is 0 Å². The molecule has 0 unspecified atom stereocenters. The van der Waals surface area contributed by atoms with Crippen molar-refractivity contribution in [3.05, 3.63) is 60.2 Å². The Balaban J connectivity index is 2.25. The molecule has 1 heterocycles. The number of nitrogens with zero attached hydrogens (tertiary/aromatic N) is 1. The number of carbonyl (C=O) groups excluding carboxylic acids is 1. The predicted molar refractivity (Wildman–Crippen MR) is 79.1 cm³/mol. The topological polar surface area (TPSA) is 39.2 Å². The number of aldehydes is 1. The fourth-order valence-electron chi connectivity index (χ4n) is 2.21. The van der Waals surface area contributed by atoms with Gasteiger partial charge in [0.1, 0.15) is 5.75 Å². The molecule has 3 aromatic rings. The van der Waals surface area contributed by atoms with Crippen LogP contribution < -0.4 is 4.74 Å². The van der Waals surface area contributed by atoms with Crippen LogP contribution in [0.3, 0.4) is 0 Å². The maximum absolute atomic E-state index is 11.3. The number of methoxy groups -OCH3 is 1. The highest BCUT2D eigenvalue weighted by atomic mass is 16.5. The predicted octanol–water partition coefficient (Wildman–Crippen LogP) is 3.72. The van der Waals surface area contributed by atoms with Crippen LogP contribution in [0.4, 0.5) is 0 Å². The van der Waals surface area contributed by atoms with Crippen LogP contribution in [0.1, 0.15) is 10.4 Å². The Morgan fingerprint density at radius 3 is 2.55 bits per heavy atom. The first-order valence-corrected chi connectivity index (χ1v) is 6.31. The monoisotopic (exact) mass is 263 g/mol. The third kappa shape index (κ3) is 2.14. The van der Waals surface area contributed by atoms with E-state index in [0.29, 0.717) is 5.56 Å². The zero-order valence-electron chi connectivity index (χ0n) is 11.0. The quantitative estimate of drug-likeness (QED) is 0.676. The summed E-state index contributed by atoms with van der Waals surface area (Å²) in [6, 6.07) is 17.2. The summed E-state index contributed by atoms with van der Waals surface area (Å²) in [4.78, 5) is 16.0. The Hall–Kier alpha value is -2.68. The van der Waals surface area contributed by atoms with Crippen molar-refractivity contribution >= 4 is 17.2 Å². The van der Waals surface area contributed by atoms with Gasteiger partial charge in [-0.15, -0.1) is 0 Å². The first kappa shape index (κ1) is 12.4. The second-order valence-electron chi connectivity index (χ2n) is 4.46. The Bertz CT molecular complexity index is 767. The number of pyridine rings is 1. The van der Waals surface area contributed by atoms with Gasteiger partial charge in [-0.05, 0) is 24.3 Å². The van der Waals surface area contributed by atoms with Gasteiger partial charge in [0.25, 0.3) is 0 Å². The van der Waals surface area contributed by atoms with Gasteiger partial charge >= 0.3 is 0 Å². The van der Waals surface area contributed by atoms with E-state index in [1.807, 2.05) is 54.6 Å². The maximum atomic E-state index is 11.3. The van der Waals surface area contributed by atoms with Gasteiger partial charge in [-0.25, -0.2) is 4.98 Å². The van der Waals surface area contributed by atoms with Gasteiger partial charge in [0.15, 0.2) is 6.29 Å². The summed E-state index contributed by atoms with van der Waals surface area (Å²) in [5.74, 6) is 0.717. The van der Waals surface area contributed by atoms with E-state index in [0.717, 1.165) is 34.2 Å². The SMILES string of the molecule is COc1ccc2nc(-c3ccccc3)cc(C=O)c2c1. The molecule has 3 heteroatoms. The lowest BCUT2D eigenvalue weighted by Gasteiger charge is -2.07. The fraction of sp³-hybridized carbons (Fsp3) is 0.0588. The first-order valence-electron chi connectivity index (χ1n) is 6.31. The molecule has 0 fully saturated rings. The summed E-state index contributed by atoms with van der Waals surface area (Å²) in [5.41, 5.74) is 3.20. The number of ether oxygens (including phenoxy) is 1. The standard InChI is InChI=1S/C17H13NO2/c1-20-14-7-8-16-15(10-14)13(11-19)9-17(18-16)12-5-3-2-4-6-12/h2-11H,1H3. The van der Waals surface area contributed by atoms with E-state index >= 15 is 0 Å². The maximum Gasteiger partial charge on any atom is 0.150 e. The molecular weight excluding hydrogens is 250 g/mol. The average Bonchev–Trinajstić information content (AvgIpc) is 2.54. The molecule has 0 saturated carbocycles. The lowest BCUT2D eigenvalue weighted by molar-refractivity contribution is 0.112. The van der Waals surface area contributed by atoms with Gasteiger partial charge in [0, 0.05) is 16.5 Å². The zero-order valence-corrected chi connectivity index (χ0v) is 11.0. The van der Waals surface area contributed by atoms with Gasteiger partial charge in [0.2, 0.25) is 0 Å². The second-order valence-corrected chi connectivity index (χ2v) is 4.46. The largest absolute Gasteiger partial charge is 0.497 e. The molecule has 0 aliphatic heterocycles. The highest BCUT2D eigenvalue weighted by Crippen LogP contribution is 2.26. The van der Waals surface area contributed by atoms with Crippen molar-refractivity contribution in [2.24, 2.45) is 0 Å². The van der Waals surface area contributed by atoms with Crippen LogP contribution in [0.5, 0.6) is 5.75 Å². The van der Waals surface area contributed by atoms with Crippen molar-refractivity contribution in [3.8, 4) is 17.0 Å². The van der Waals surface area contributed by atoms with E-state index < -0.39 is 0 Å². The molecule has 3 nitrogen and oxygen atoms in total. The Labute approximate surface area is 116 Å². The number of aromatic nitrogens is 1. The highest BCUT2D eigenvalue weighted by molar-refractivity contribution is 5.98. The van der Waals surface area contributed by atoms with E-state index in [2.05, 4.69) is 4.98 Å². The van der Waals surface area contributed by atoms with E-state index in [4.69, 9.17) is 4.74 Å². The molecule has 0 bridgehead atoms. The van der Waals surface area contributed by atoms with Crippen LogP contribution in [0.25, 0.3) is 22.2 Å². The zero-order chi connectivity index (χ0) is 13.9. The van der Waals surface area contributed by atoms with Gasteiger partial charge in [-0.1, -0.05) is 30.3 Å². The number of hydrogen-bond donors (Lipinski definition) is 0. The Kier molecular flexibility index (Phi) is 3.17. The third-order valence-electron chi connectivity index (χ3n) is 3.24. The number of hydrogen-bond acceptors (Lipinski definition) is 3. The number of rotatable bonds is 3. The Morgan fingerprint density at radius 1 is 1.05 bits per heavy atom. The molecular formula is C17H13NO2. The molecule has 0 radical (unpaired) electrons. The van der Waals surface area contributed by atoms with Crippen molar-refractivity contribution in [1.82, 2.24) is 4.98 Å². The first-order chi connectivity index (χ1) is 9.81. The minimum Gasteiger partial charge on any atom is -0.497 e. The molecule has 0 aliphatic carbocycles. The number of fused-ring (bicyclic) bond motifs is 1. The lowest BCUT2D eigenvalue weighted by atomic mass is 10.0. The molecule has 0 saturated heterocycles. The van der Waals surface area contributed by atoms with Crippen molar-refractivity contribution < 1.29 is 9.53 Å². The number of benzene rings is 2. The van der Waals surface area contributed by atoms with Crippen molar-refractivity contribution in [3.63, 3.8) is 0 Å². The van der Waals surface area contributed by atoms with Gasteiger partial charge in [-0.3, -0.25) is 4.79 Å². The summed E-state index contributed by atoms with van der Waals surface area (Å²) in [6.07, 6.45) is 0.857. The van der Waals surface area contributed by atoms with Crippen LogP contribution >= 0.6 is 0 Å². The Morgan fingerprint density at radius 2 is 1.85 bits per heavy atom. The fourth-order valence-corrected chi connectivity index (χ4v) is 2.21. The van der Waals surface area contributed by atoms with Crippen molar-refractivity contribution in [1.29, 1.82) is 0 Å². The molecule has 2 aromatic carbocycles. The van der Waals surface area contributed by atoms with Crippen LogP contribution in [-0.2, 0) is 0 Å². The van der Waals surface area contributed by atoms with Crippen LogP contribution in [0, 0.1) is 0 Å².